The molecule has 0 fully saturated rings. The predicted octanol–water partition coefficient (Wildman–Crippen LogP) is 3.55. The zero-order valence-corrected chi connectivity index (χ0v) is 13.2. The Morgan fingerprint density at radius 1 is 0.958 bits per heavy atom. The van der Waals surface area contributed by atoms with Gasteiger partial charge in [0.2, 0.25) is 0 Å². The Kier molecular flexibility index (Phi) is 5.92. The summed E-state index contributed by atoms with van der Waals surface area (Å²) in [6.45, 7) is 0. The number of benzene rings is 2. The summed E-state index contributed by atoms with van der Waals surface area (Å²) in [5.41, 5.74) is 0. The zero-order valence-electron chi connectivity index (χ0n) is 12.5. The molecule has 0 heterocycles. The maximum absolute atomic E-state index is 13.5. The Labute approximate surface area is 142 Å². The largest absolute Gasteiger partial charge is 0.493 e. The molecule has 0 aromatic heterocycles. The molecule has 0 radical (unpaired) electrons. The number of rotatable bonds is 5. The summed E-state index contributed by atoms with van der Waals surface area (Å²) in [7, 11) is 1.43. The van der Waals surface area contributed by atoms with Crippen LogP contribution in [0.15, 0.2) is 54.6 Å². The maximum Gasteiger partial charge on any atom is 0.336 e. The van der Waals surface area contributed by atoms with Crippen LogP contribution in [-0.4, -0.2) is 19.0 Å². The molecule has 0 aliphatic heterocycles. The summed E-state index contributed by atoms with van der Waals surface area (Å²) < 4.78 is 28.3. The summed E-state index contributed by atoms with van der Waals surface area (Å²) in [6, 6.07) is 10.3. The van der Waals surface area contributed by atoms with E-state index in [-0.39, 0.29) is 10.8 Å². The Balaban J connectivity index is 2.00. The highest BCUT2D eigenvalue weighted by atomic mass is 35.5. The Morgan fingerprint density at radius 3 is 2.21 bits per heavy atom. The van der Waals surface area contributed by atoms with Gasteiger partial charge >= 0.3 is 11.9 Å². The summed E-state index contributed by atoms with van der Waals surface area (Å²) >= 11 is 5.73. The highest BCUT2D eigenvalue weighted by Crippen LogP contribution is 2.27. The minimum absolute atomic E-state index is 0.0617. The highest BCUT2D eigenvalue weighted by Gasteiger charge is 2.12. The molecule has 24 heavy (non-hydrogen) atoms. The molecule has 0 aliphatic carbocycles. The fourth-order valence-corrected chi connectivity index (χ4v) is 1.90. The van der Waals surface area contributed by atoms with E-state index < -0.39 is 23.5 Å². The van der Waals surface area contributed by atoms with Crippen molar-refractivity contribution < 1.29 is 28.2 Å². The standard InChI is InChI=1S/C17H12ClFO5/c1-22-13-7-2-3-8-14(13)23-15(20)9-10-16(21)24-17-11(18)5-4-6-12(17)19/h2-10H,1H3/b10-9+. The number of para-hydroxylation sites is 3. The van der Waals surface area contributed by atoms with E-state index in [0.717, 1.165) is 18.2 Å². The average molecular weight is 351 g/mol. The van der Waals surface area contributed by atoms with Crippen LogP contribution in [0.2, 0.25) is 5.02 Å². The van der Waals surface area contributed by atoms with Crippen LogP contribution in [0.3, 0.4) is 0 Å². The quantitative estimate of drug-likeness (QED) is 0.469. The lowest BCUT2D eigenvalue weighted by molar-refractivity contribution is -0.131. The van der Waals surface area contributed by atoms with E-state index in [1.807, 2.05) is 0 Å². The molecule has 0 aliphatic rings. The van der Waals surface area contributed by atoms with Crippen LogP contribution >= 0.6 is 11.6 Å². The zero-order chi connectivity index (χ0) is 17.5. The van der Waals surface area contributed by atoms with E-state index in [4.69, 9.17) is 25.8 Å². The normalized spacial score (nSPS) is 10.5. The minimum Gasteiger partial charge on any atom is -0.493 e. The first-order valence-corrected chi connectivity index (χ1v) is 7.08. The molecular weight excluding hydrogens is 339 g/mol. The molecule has 2 rings (SSSR count). The monoisotopic (exact) mass is 350 g/mol. The van der Waals surface area contributed by atoms with Crippen molar-refractivity contribution in [3.05, 3.63) is 65.5 Å². The molecule has 2 aromatic rings. The van der Waals surface area contributed by atoms with Gasteiger partial charge in [0.15, 0.2) is 23.1 Å². The second-order valence-electron chi connectivity index (χ2n) is 4.38. The van der Waals surface area contributed by atoms with E-state index in [1.54, 1.807) is 18.2 Å². The molecule has 0 amide bonds. The number of methoxy groups -OCH3 is 1. The third-order valence-corrected chi connectivity index (χ3v) is 3.05. The first kappa shape index (κ1) is 17.5. The SMILES string of the molecule is COc1ccccc1OC(=O)/C=C/C(=O)Oc1c(F)cccc1Cl. The Hall–Kier alpha value is -2.86. The number of carbonyl (C=O) groups excluding carboxylic acids is 2. The van der Waals surface area contributed by atoms with Crippen molar-refractivity contribution in [2.24, 2.45) is 0 Å². The van der Waals surface area contributed by atoms with Gasteiger partial charge in [-0.1, -0.05) is 29.8 Å². The Bertz CT molecular complexity index is 768. The topological polar surface area (TPSA) is 61.8 Å². The number of ether oxygens (including phenoxy) is 3. The summed E-state index contributed by atoms with van der Waals surface area (Å²) in [5.74, 6) is -2.44. The van der Waals surface area contributed by atoms with Crippen molar-refractivity contribution in [1.29, 1.82) is 0 Å². The van der Waals surface area contributed by atoms with Crippen LogP contribution in [0.25, 0.3) is 0 Å². The summed E-state index contributed by atoms with van der Waals surface area (Å²) in [6.07, 6.45) is 1.66. The minimum atomic E-state index is -0.973. The van der Waals surface area contributed by atoms with Crippen LogP contribution < -0.4 is 14.2 Å². The molecule has 0 saturated heterocycles. The lowest BCUT2D eigenvalue weighted by atomic mass is 10.3. The molecule has 7 heteroatoms. The predicted molar refractivity (Wildman–Crippen MR) is 84.8 cm³/mol. The third kappa shape index (κ3) is 4.57. The van der Waals surface area contributed by atoms with E-state index in [9.17, 15) is 14.0 Å². The third-order valence-electron chi connectivity index (χ3n) is 2.76. The van der Waals surface area contributed by atoms with Gasteiger partial charge in [0, 0.05) is 12.2 Å². The average Bonchev–Trinajstić information content (AvgIpc) is 2.57. The Morgan fingerprint density at radius 2 is 1.58 bits per heavy atom. The van der Waals surface area contributed by atoms with Crippen molar-refractivity contribution >= 4 is 23.5 Å². The summed E-state index contributed by atoms with van der Waals surface area (Å²) in [4.78, 5) is 23.3. The lowest BCUT2D eigenvalue weighted by Gasteiger charge is -2.07. The number of carbonyl (C=O) groups is 2. The molecule has 0 spiro atoms. The van der Waals surface area contributed by atoms with Crippen LogP contribution in [0.1, 0.15) is 0 Å². The fraction of sp³-hybridized carbons (Fsp3) is 0.0588. The van der Waals surface area contributed by atoms with Gasteiger partial charge in [0.05, 0.1) is 12.1 Å². The number of hydrogen-bond acceptors (Lipinski definition) is 5. The first-order valence-electron chi connectivity index (χ1n) is 6.70. The number of hydrogen-bond donors (Lipinski definition) is 0. The summed E-state index contributed by atoms with van der Waals surface area (Å²) in [5, 5.41) is -0.0617. The van der Waals surface area contributed by atoms with Crippen LogP contribution in [-0.2, 0) is 9.59 Å². The number of esters is 2. The molecule has 0 atom stereocenters. The van der Waals surface area contributed by atoms with Crippen molar-refractivity contribution in [3.8, 4) is 17.2 Å². The molecule has 124 valence electrons. The van der Waals surface area contributed by atoms with Gasteiger partial charge in [-0.3, -0.25) is 0 Å². The smallest absolute Gasteiger partial charge is 0.336 e. The van der Waals surface area contributed by atoms with Crippen molar-refractivity contribution in [1.82, 2.24) is 0 Å². The fourth-order valence-electron chi connectivity index (χ4n) is 1.70. The van der Waals surface area contributed by atoms with Crippen molar-refractivity contribution in [3.63, 3.8) is 0 Å². The van der Waals surface area contributed by atoms with Crippen LogP contribution in [0.5, 0.6) is 17.2 Å². The first-order chi connectivity index (χ1) is 11.5. The van der Waals surface area contributed by atoms with E-state index in [0.29, 0.717) is 5.75 Å². The van der Waals surface area contributed by atoms with Crippen LogP contribution in [0, 0.1) is 5.82 Å². The van der Waals surface area contributed by atoms with Gasteiger partial charge in [0.1, 0.15) is 0 Å². The van der Waals surface area contributed by atoms with Gasteiger partial charge in [0.25, 0.3) is 0 Å². The molecular formula is C17H12ClFO5. The molecule has 0 N–H and O–H groups in total. The highest BCUT2D eigenvalue weighted by molar-refractivity contribution is 6.32. The lowest BCUT2D eigenvalue weighted by Crippen LogP contribution is -2.09. The second kappa shape index (κ2) is 8.12. The second-order valence-corrected chi connectivity index (χ2v) is 4.78. The van der Waals surface area contributed by atoms with Gasteiger partial charge in [-0.15, -0.1) is 0 Å². The molecule has 0 bridgehead atoms. The molecule has 2 aromatic carbocycles. The van der Waals surface area contributed by atoms with Gasteiger partial charge < -0.3 is 14.2 Å². The van der Waals surface area contributed by atoms with Crippen molar-refractivity contribution in [2.75, 3.05) is 7.11 Å². The van der Waals surface area contributed by atoms with Gasteiger partial charge in [-0.05, 0) is 24.3 Å². The van der Waals surface area contributed by atoms with Gasteiger partial charge in [-0.25, -0.2) is 14.0 Å². The molecule has 0 unspecified atom stereocenters. The van der Waals surface area contributed by atoms with E-state index in [1.165, 1.54) is 25.3 Å². The van der Waals surface area contributed by atoms with Gasteiger partial charge in [-0.2, -0.15) is 0 Å². The van der Waals surface area contributed by atoms with E-state index >= 15 is 0 Å². The molecule has 0 saturated carbocycles. The van der Waals surface area contributed by atoms with Crippen molar-refractivity contribution in [2.45, 2.75) is 0 Å². The maximum atomic E-state index is 13.5. The van der Waals surface area contributed by atoms with Crippen LogP contribution in [0.4, 0.5) is 4.39 Å². The van der Waals surface area contributed by atoms with E-state index in [2.05, 4.69) is 0 Å². The molecule has 5 nitrogen and oxygen atoms in total. The number of halogens is 2.